The molecule has 1 saturated heterocycles. The number of aliphatic hydroxyl groups excluding tert-OH is 1. The van der Waals surface area contributed by atoms with Gasteiger partial charge in [-0.25, -0.2) is 4.98 Å². The molecule has 0 radical (unpaired) electrons. The van der Waals surface area contributed by atoms with E-state index in [2.05, 4.69) is 46.9 Å². The molecule has 4 rings (SSSR count). The van der Waals surface area contributed by atoms with E-state index in [0.29, 0.717) is 24.1 Å². The number of aromatic nitrogens is 3. The molecule has 1 aliphatic carbocycles. The molecule has 2 aliphatic rings. The van der Waals surface area contributed by atoms with Crippen LogP contribution in [-0.2, 0) is 6.42 Å². The zero-order valence-corrected chi connectivity index (χ0v) is 19.5. The minimum Gasteiger partial charge on any atom is -0.393 e. The van der Waals surface area contributed by atoms with E-state index in [1.54, 1.807) is 0 Å². The van der Waals surface area contributed by atoms with Gasteiger partial charge in [-0.05, 0) is 76.5 Å². The molecular formula is C25H38N6O. The highest BCUT2D eigenvalue weighted by Crippen LogP contribution is 2.29. The van der Waals surface area contributed by atoms with E-state index in [4.69, 9.17) is 9.97 Å². The van der Waals surface area contributed by atoms with Gasteiger partial charge in [-0.2, -0.15) is 4.98 Å². The maximum absolute atomic E-state index is 9.87. The largest absolute Gasteiger partial charge is 0.393 e. The summed E-state index contributed by atoms with van der Waals surface area (Å²) in [6.45, 7) is 5.47. The lowest BCUT2D eigenvalue weighted by atomic mass is 9.93. The first kappa shape index (κ1) is 22.9. The van der Waals surface area contributed by atoms with Gasteiger partial charge in [-0.15, -0.1) is 0 Å². The van der Waals surface area contributed by atoms with E-state index in [-0.39, 0.29) is 6.10 Å². The summed E-state index contributed by atoms with van der Waals surface area (Å²) in [5.74, 6) is 1.47. The second kappa shape index (κ2) is 11.1. The molecule has 2 fully saturated rings. The fourth-order valence-corrected chi connectivity index (χ4v) is 4.81. The maximum atomic E-state index is 9.87. The molecule has 2 aromatic rings. The van der Waals surface area contributed by atoms with Crippen molar-refractivity contribution in [2.45, 2.75) is 95.9 Å². The van der Waals surface area contributed by atoms with Crippen LogP contribution in [0, 0.1) is 0 Å². The summed E-state index contributed by atoms with van der Waals surface area (Å²) in [4.78, 5) is 14.2. The fourth-order valence-electron chi connectivity index (χ4n) is 4.81. The van der Waals surface area contributed by atoms with Gasteiger partial charge in [0.25, 0.3) is 0 Å². The van der Waals surface area contributed by atoms with E-state index < -0.39 is 0 Å². The Morgan fingerprint density at radius 1 is 1.12 bits per heavy atom. The van der Waals surface area contributed by atoms with Crippen LogP contribution in [-0.4, -0.2) is 50.8 Å². The number of pyridine rings is 1. The zero-order chi connectivity index (χ0) is 22.3. The lowest BCUT2D eigenvalue weighted by Gasteiger charge is -2.27. The Bertz CT molecular complexity index is 844. The van der Waals surface area contributed by atoms with Crippen LogP contribution in [0.3, 0.4) is 0 Å². The molecule has 2 unspecified atom stereocenters. The number of rotatable bonds is 9. The van der Waals surface area contributed by atoms with Crippen LogP contribution in [0.5, 0.6) is 0 Å². The van der Waals surface area contributed by atoms with Crippen LogP contribution in [0.15, 0.2) is 24.5 Å². The fraction of sp³-hybridized carbons (Fsp3) is 0.640. The van der Waals surface area contributed by atoms with Gasteiger partial charge < -0.3 is 21.1 Å². The number of nitrogens with zero attached hydrogens (tertiary/aromatic N) is 3. The molecule has 2 atom stereocenters. The molecule has 0 aromatic carbocycles. The molecule has 174 valence electrons. The second-order valence-corrected chi connectivity index (χ2v) is 9.49. The third-order valence-electron chi connectivity index (χ3n) is 6.67. The molecule has 7 heteroatoms. The van der Waals surface area contributed by atoms with Gasteiger partial charge in [0.1, 0.15) is 5.82 Å². The molecule has 0 bridgehead atoms. The smallest absolute Gasteiger partial charge is 0.224 e. The van der Waals surface area contributed by atoms with Crippen molar-refractivity contribution in [3.05, 3.63) is 30.1 Å². The van der Waals surface area contributed by atoms with Crippen molar-refractivity contribution in [3.8, 4) is 11.3 Å². The Morgan fingerprint density at radius 3 is 2.66 bits per heavy atom. The van der Waals surface area contributed by atoms with Crippen LogP contribution in [0.1, 0.15) is 70.8 Å². The summed E-state index contributed by atoms with van der Waals surface area (Å²) >= 11 is 0. The number of nitrogens with one attached hydrogen (secondary N) is 3. The molecule has 4 N–H and O–H groups in total. The molecule has 1 aliphatic heterocycles. The third-order valence-corrected chi connectivity index (χ3v) is 6.67. The number of hydrogen-bond acceptors (Lipinski definition) is 7. The van der Waals surface area contributed by atoms with E-state index in [1.807, 2.05) is 12.4 Å². The lowest BCUT2D eigenvalue weighted by Crippen LogP contribution is -2.29. The number of aliphatic hydroxyl groups is 1. The Labute approximate surface area is 191 Å². The van der Waals surface area contributed by atoms with Gasteiger partial charge in [0.2, 0.25) is 5.95 Å². The van der Waals surface area contributed by atoms with Crippen LogP contribution in [0.4, 0.5) is 11.8 Å². The van der Waals surface area contributed by atoms with Gasteiger partial charge in [-0.3, -0.25) is 4.98 Å². The van der Waals surface area contributed by atoms with Crippen molar-refractivity contribution in [3.63, 3.8) is 0 Å². The first-order valence-corrected chi connectivity index (χ1v) is 12.4. The van der Waals surface area contributed by atoms with E-state index in [1.165, 1.54) is 18.4 Å². The average Bonchev–Trinajstić information content (AvgIpc) is 3.30. The predicted octanol–water partition coefficient (Wildman–Crippen LogP) is 4.15. The molecule has 32 heavy (non-hydrogen) atoms. The molecular weight excluding hydrogens is 400 g/mol. The normalized spacial score (nSPS) is 24.3. The van der Waals surface area contributed by atoms with Crippen molar-refractivity contribution < 1.29 is 5.11 Å². The monoisotopic (exact) mass is 438 g/mol. The quantitative estimate of drug-likeness (QED) is 0.467. The minimum absolute atomic E-state index is 0.173. The van der Waals surface area contributed by atoms with Crippen LogP contribution < -0.4 is 16.0 Å². The Morgan fingerprint density at radius 2 is 1.97 bits per heavy atom. The first-order valence-electron chi connectivity index (χ1n) is 12.4. The number of anilines is 2. The van der Waals surface area contributed by atoms with Crippen LogP contribution in [0.2, 0.25) is 0 Å². The second-order valence-electron chi connectivity index (χ2n) is 9.49. The molecule has 0 amide bonds. The minimum atomic E-state index is -0.173. The summed E-state index contributed by atoms with van der Waals surface area (Å²) in [6, 6.07) is 5.47. The molecule has 2 aromatic heterocycles. The van der Waals surface area contributed by atoms with Crippen molar-refractivity contribution in [1.82, 2.24) is 20.3 Å². The SMILES string of the molecule is CCCC(C)Nc1ncc(-c2ccc(CC3CCCN3)cn2)c(NC2CCC(O)CC2)n1. The highest BCUT2D eigenvalue weighted by molar-refractivity contribution is 5.73. The molecule has 1 saturated carbocycles. The molecule has 0 spiro atoms. The lowest BCUT2D eigenvalue weighted by molar-refractivity contribution is 0.126. The Balaban J connectivity index is 1.53. The van der Waals surface area contributed by atoms with E-state index in [9.17, 15) is 5.11 Å². The highest BCUT2D eigenvalue weighted by atomic mass is 16.3. The Hall–Kier alpha value is -2.25. The van der Waals surface area contributed by atoms with Gasteiger partial charge in [0.15, 0.2) is 0 Å². The topological polar surface area (TPSA) is 95.0 Å². The van der Waals surface area contributed by atoms with Gasteiger partial charge in [-0.1, -0.05) is 19.4 Å². The van der Waals surface area contributed by atoms with Gasteiger partial charge >= 0.3 is 0 Å². The van der Waals surface area contributed by atoms with E-state index >= 15 is 0 Å². The van der Waals surface area contributed by atoms with Crippen molar-refractivity contribution in [2.75, 3.05) is 17.2 Å². The zero-order valence-electron chi connectivity index (χ0n) is 19.5. The van der Waals surface area contributed by atoms with E-state index in [0.717, 1.165) is 68.6 Å². The van der Waals surface area contributed by atoms with Crippen LogP contribution in [0.25, 0.3) is 11.3 Å². The average molecular weight is 439 g/mol. The van der Waals surface area contributed by atoms with Gasteiger partial charge in [0.05, 0.1) is 17.4 Å². The molecule has 3 heterocycles. The van der Waals surface area contributed by atoms with Gasteiger partial charge in [0, 0.05) is 30.5 Å². The third kappa shape index (κ3) is 6.17. The summed E-state index contributed by atoms with van der Waals surface area (Å²) in [5.41, 5.74) is 3.08. The predicted molar refractivity (Wildman–Crippen MR) is 130 cm³/mol. The highest BCUT2D eigenvalue weighted by Gasteiger charge is 2.22. The maximum Gasteiger partial charge on any atom is 0.224 e. The molecule has 7 nitrogen and oxygen atoms in total. The summed E-state index contributed by atoms with van der Waals surface area (Å²) in [6.07, 6.45) is 13.0. The summed E-state index contributed by atoms with van der Waals surface area (Å²) < 4.78 is 0. The first-order chi connectivity index (χ1) is 15.6. The van der Waals surface area contributed by atoms with Crippen molar-refractivity contribution >= 4 is 11.8 Å². The summed E-state index contributed by atoms with van der Waals surface area (Å²) in [7, 11) is 0. The number of hydrogen-bond donors (Lipinski definition) is 4. The van der Waals surface area contributed by atoms with Crippen LogP contribution >= 0.6 is 0 Å². The summed E-state index contributed by atoms with van der Waals surface area (Å²) in [5, 5.41) is 20.5. The Kier molecular flexibility index (Phi) is 7.92. The standard InChI is InChI=1S/C25H38N6O/c1-3-5-17(2)29-25-28-16-22(24(31-25)30-19-8-10-21(32)11-9-19)23-12-7-18(15-27-23)14-20-6-4-13-26-20/h7,12,15-17,19-21,26,32H,3-6,8-11,13-14H2,1-2H3,(H2,28,29,30,31). The van der Waals surface area contributed by atoms with Crippen molar-refractivity contribution in [2.24, 2.45) is 0 Å². The van der Waals surface area contributed by atoms with Crippen molar-refractivity contribution in [1.29, 1.82) is 0 Å².